The Morgan fingerprint density at radius 2 is 1.41 bits per heavy atom. The number of hydrogen-bond donors (Lipinski definition) is 0. The zero-order valence-corrected chi connectivity index (χ0v) is 15.6. The third-order valence-corrected chi connectivity index (χ3v) is 5.83. The fraction of sp³-hybridized carbons (Fsp3) is 0.391. The molecule has 2 aliphatic rings. The van der Waals surface area contributed by atoms with E-state index in [2.05, 4.69) is 35.2 Å². The fourth-order valence-corrected chi connectivity index (χ4v) is 4.26. The molecule has 0 atom stereocenters. The number of amides is 2. The van der Waals surface area contributed by atoms with Crippen LogP contribution in [0, 0.1) is 5.92 Å². The van der Waals surface area contributed by atoms with E-state index in [-0.39, 0.29) is 11.8 Å². The van der Waals surface area contributed by atoms with Crippen LogP contribution in [0.1, 0.15) is 52.0 Å². The normalized spacial score (nSPS) is 18.1. The lowest BCUT2D eigenvalue weighted by molar-refractivity contribution is 0.0647. The van der Waals surface area contributed by atoms with Crippen LogP contribution in [-0.4, -0.2) is 41.2 Å². The van der Waals surface area contributed by atoms with E-state index in [1.807, 2.05) is 12.1 Å². The van der Waals surface area contributed by atoms with Gasteiger partial charge < -0.3 is 0 Å². The summed E-state index contributed by atoms with van der Waals surface area (Å²) in [7, 11) is 0. The molecule has 0 radical (unpaired) electrons. The largest absolute Gasteiger partial charge is 0.299 e. The number of benzene rings is 2. The van der Waals surface area contributed by atoms with Crippen LogP contribution >= 0.6 is 0 Å². The van der Waals surface area contributed by atoms with Crippen LogP contribution in [0.5, 0.6) is 0 Å². The van der Waals surface area contributed by atoms with E-state index in [9.17, 15) is 9.59 Å². The lowest BCUT2D eigenvalue weighted by Crippen LogP contribution is -2.34. The summed E-state index contributed by atoms with van der Waals surface area (Å²) in [5, 5.41) is 0. The van der Waals surface area contributed by atoms with Gasteiger partial charge in [-0.1, -0.05) is 42.5 Å². The molecule has 2 aromatic carbocycles. The highest BCUT2D eigenvalue weighted by molar-refractivity contribution is 6.21. The number of rotatable bonds is 6. The van der Waals surface area contributed by atoms with Crippen molar-refractivity contribution in [2.24, 2.45) is 5.92 Å². The van der Waals surface area contributed by atoms with Crippen molar-refractivity contribution in [2.75, 3.05) is 19.6 Å². The Morgan fingerprint density at radius 3 is 2.04 bits per heavy atom. The molecule has 0 bridgehead atoms. The SMILES string of the molecule is O=C1c2ccccc2C(=O)N1CCCC1CCN(Cc2ccccc2)CC1. The van der Waals surface area contributed by atoms with E-state index in [0.29, 0.717) is 23.6 Å². The van der Waals surface area contributed by atoms with Gasteiger partial charge >= 0.3 is 0 Å². The molecule has 2 amide bonds. The molecule has 0 aliphatic carbocycles. The molecule has 27 heavy (non-hydrogen) atoms. The van der Waals surface area contributed by atoms with Crippen LogP contribution < -0.4 is 0 Å². The predicted octanol–water partition coefficient (Wildman–Crippen LogP) is 3.98. The average molecular weight is 362 g/mol. The standard InChI is InChI=1S/C23H26N2O2/c26-22-20-10-4-5-11-21(20)23(27)25(22)14-6-9-18-12-15-24(16-13-18)17-19-7-2-1-3-8-19/h1-5,7-8,10-11,18H,6,9,12-17H2. The van der Waals surface area contributed by atoms with Crippen molar-refractivity contribution in [3.05, 3.63) is 71.3 Å². The van der Waals surface area contributed by atoms with Gasteiger partial charge in [0, 0.05) is 13.1 Å². The highest BCUT2D eigenvalue weighted by Crippen LogP contribution is 2.26. The van der Waals surface area contributed by atoms with Gasteiger partial charge in [0.2, 0.25) is 0 Å². The number of hydrogen-bond acceptors (Lipinski definition) is 3. The maximum absolute atomic E-state index is 12.4. The number of likely N-dealkylation sites (tertiary alicyclic amines) is 1. The highest BCUT2D eigenvalue weighted by Gasteiger charge is 2.34. The van der Waals surface area contributed by atoms with Crippen LogP contribution in [0.15, 0.2) is 54.6 Å². The fourth-order valence-electron chi connectivity index (χ4n) is 4.26. The molecular weight excluding hydrogens is 336 g/mol. The van der Waals surface area contributed by atoms with E-state index in [4.69, 9.17) is 0 Å². The Morgan fingerprint density at radius 1 is 0.815 bits per heavy atom. The molecule has 0 aromatic heterocycles. The number of nitrogens with zero attached hydrogens (tertiary/aromatic N) is 2. The molecule has 4 rings (SSSR count). The van der Waals surface area contributed by atoms with Crippen LogP contribution in [0.2, 0.25) is 0 Å². The predicted molar refractivity (Wildman–Crippen MR) is 105 cm³/mol. The monoisotopic (exact) mass is 362 g/mol. The molecule has 4 nitrogen and oxygen atoms in total. The first kappa shape index (κ1) is 17.9. The molecule has 2 aromatic rings. The zero-order valence-electron chi connectivity index (χ0n) is 15.6. The number of piperidine rings is 1. The van der Waals surface area contributed by atoms with Crippen molar-refractivity contribution in [3.63, 3.8) is 0 Å². The van der Waals surface area contributed by atoms with E-state index in [1.54, 1.807) is 12.1 Å². The Balaban J connectivity index is 1.21. The number of imide groups is 1. The van der Waals surface area contributed by atoms with Crippen molar-refractivity contribution in [1.29, 1.82) is 0 Å². The molecule has 140 valence electrons. The minimum atomic E-state index is -0.131. The Hall–Kier alpha value is -2.46. The molecule has 0 unspecified atom stereocenters. The van der Waals surface area contributed by atoms with Gasteiger partial charge in [0.15, 0.2) is 0 Å². The summed E-state index contributed by atoms with van der Waals surface area (Å²) in [6.45, 7) is 3.83. The van der Waals surface area contributed by atoms with Gasteiger partial charge in [-0.25, -0.2) is 0 Å². The summed E-state index contributed by atoms with van der Waals surface area (Å²) < 4.78 is 0. The van der Waals surface area contributed by atoms with Crippen molar-refractivity contribution in [2.45, 2.75) is 32.2 Å². The molecule has 2 aliphatic heterocycles. The maximum atomic E-state index is 12.4. The van der Waals surface area contributed by atoms with Gasteiger partial charge in [0.25, 0.3) is 11.8 Å². The Bertz CT molecular complexity index is 775. The lowest BCUT2D eigenvalue weighted by atomic mass is 9.92. The molecule has 0 N–H and O–H groups in total. The summed E-state index contributed by atoms with van der Waals surface area (Å²) in [4.78, 5) is 28.8. The van der Waals surface area contributed by atoms with Gasteiger partial charge in [-0.2, -0.15) is 0 Å². The molecule has 1 saturated heterocycles. The second kappa shape index (κ2) is 8.05. The second-order valence-corrected chi connectivity index (χ2v) is 7.65. The quantitative estimate of drug-likeness (QED) is 0.730. The van der Waals surface area contributed by atoms with Crippen LogP contribution in [0.3, 0.4) is 0 Å². The topological polar surface area (TPSA) is 40.6 Å². The van der Waals surface area contributed by atoms with Crippen molar-refractivity contribution >= 4 is 11.8 Å². The molecule has 1 fully saturated rings. The highest BCUT2D eigenvalue weighted by atomic mass is 16.2. The minimum absolute atomic E-state index is 0.131. The first-order chi connectivity index (χ1) is 13.2. The third kappa shape index (κ3) is 3.96. The summed E-state index contributed by atoms with van der Waals surface area (Å²) >= 11 is 0. The summed E-state index contributed by atoms with van der Waals surface area (Å²) in [5.74, 6) is 0.439. The zero-order chi connectivity index (χ0) is 18.6. The van der Waals surface area contributed by atoms with Gasteiger partial charge in [-0.3, -0.25) is 19.4 Å². The molecule has 4 heteroatoms. The van der Waals surface area contributed by atoms with Gasteiger partial charge in [-0.15, -0.1) is 0 Å². The van der Waals surface area contributed by atoms with Crippen molar-refractivity contribution in [3.8, 4) is 0 Å². The summed E-state index contributed by atoms with van der Waals surface area (Å²) in [6, 6.07) is 17.8. The van der Waals surface area contributed by atoms with Crippen LogP contribution in [0.25, 0.3) is 0 Å². The number of carbonyl (C=O) groups is 2. The van der Waals surface area contributed by atoms with Crippen LogP contribution in [0.4, 0.5) is 0 Å². The molecule has 2 heterocycles. The molecular formula is C23H26N2O2. The lowest BCUT2D eigenvalue weighted by Gasteiger charge is -2.32. The van der Waals surface area contributed by atoms with Gasteiger partial charge in [0.05, 0.1) is 11.1 Å². The Labute approximate surface area is 160 Å². The smallest absolute Gasteiger partial charge is 0.261 e. The number of fused-ring (bicyclic) bond motifs is 1. The number of carbonyl (C=O) groups excluding carboxylic acids is 2. The summed E-state index contributed by atoms with van der Waals surface area (Å²) in [5.41, 5.74) is 2.48. The van der Waals surface area contributed by atoms with E-state index in [1.165, 1.54) is 23.3 Å². The van der Waals surface area contributed by atoms with Crippen molar-refractivity contribution in [1.82, 2.24) is 9.80 Å². The van der Waals surface area contributed by atoms with Gasteiger partial charge in [0.1, 0.15) is 0 Å². The Kier molecular flexibility index (Phi) is 5.35. The minimum Gasteiger partial charge on any atom is -0.299 e. The van der Waals surface area contributed by atoms with Crippen LogP contribution in [-0.2, 0) is 6.54 Å². The third-order valence-electron chi connectivity index (χ3n) is 5.83. The average Bonchev–Trinajstić information content (AvgIpc) is 2.95. The van der Waals surface area contributed by atoms with E-state index >= 15 is 0 Å². The first-order valence-corrected chi connectivity index (χ1v) is 9.94. The molecule has 0 spiro atoms. The second-order valence-electron chi connectivity index (χ2n) is 7.65. The molecule has 0 saturated carbocycles. The van der Waals surface area contributed by atoms with E-state index < -0.39 is 0 Å². The van der Waals surface area contributed by atoms with Gasteiger partial charge in [-0.05, 0) is 62.4 Å². The first-order valence-electron chi connectivity index (χ1n) is 9.94. The van der Waals surface area contributed by atoms with E-state index in [0.717, 1.165) is 32.5 Å². The summed E-state index contributed by atoms with van der Waals surface area (Å²) in [6.07, 6.45) is 4.39. The van der Waals surface area contributed by atoms with Crippen molar-refractivity contribution < 1.29 is 9.59 Å². The maximum Gasteiger partial charge on any atom is 0.261 e.